The van der Waals surface area contributed by atoms with Crippen molar-refractivity contribution in [1.29, 1.82) is 0 Å². The maximum Gasteiger partial charge on any atom is 0.416 e. The smallest absolute Gasteiger partial charge is 0.416 e. The molecule has 0 radical (unpaired) electrons. The fraction of sp³-hybridized carbons (Fsp3) is 0.500. The topological polar surface area (TPSA) is 106 Å². The van der Waals surface area contributed by atoms with E-state index in [9.17, 15) is 26.7 Å². The van der Waals surface area contributed by atoms with Gasteiger partial charge in [-0.2, -0.15) is 26.7 Å². The van der Waals surface area contributed by atoms with Gasteiger partial charge in [-0.05, 0) is 56.6 Å². The van der Waals surface area contributed by atoms with E-state index in [1.54, 1.807) is 14.0 Å². The van der Waals surface area contributed by atoms with Crippen LogP contribution in [-0.2, 0) is 29.9 Å². The molecular weight excluding hydrogens is 461 g/mol. The van der Waals surface area contributed by atoms with E-state index >= 15 is 0 Å². The number of aryl methyl sites for hydroxylation is 2. The van der Waals surface area contributed by atoms with Crippen molar-refractivity contribution in [2.45, 2.75) is 38.4 Å². The molecule has 13 heteroatoms. The number of benzene rings is 1. The third kappa shape index (κ3) is 6.16. The number of anilines is 2. The van der Waals surface area contributed by atoms with Crippen molar-refractivity contribution < 1.29 is 26.7 Å². The van der Waals surface area contributed by atoms with Crippen molar-refractivity contribution in [1.82, 2.24) is 14.7 Å². The highest BCUT2D eigenvalue weighted by atomic mass is 32.2. The first-order valence-corrected chi connectivity index (χ1v) is 11.8. The highest BCUT2D eigenvalue weighted by Gasteiger charge is 2.32. The molecule has 0 amide bonds. The molecule has 1 atom stereocenters. The third-order valence-electron chi connectivity index (χ3n) is 5.48. The zero-order valence-electron chi connectivity index (χ0n) is 18.5. The molecule has 33 heavy (non-hydrogen) atoms. The van der Waals surface area contributed by atoms with Crippen molar-refractivity contribution in [3.63, 3.8) is 0 Å². The van der Waals surface area contributed by atoms with Crippen LogP contribution < -0.4 is 14.7 Å². The van der Waals surface area contributed by atoms with E-state index < -0.39 is 28.0 Å². The van der Waals surface area contributed by atoms with E-state index in [0.29, 0.717) is 12.0 Å². The number of aromatic nitrogens is 2. The quantitative estimate of drug-likeness (QED) is 0.473. The van der Waals surface area contributed by atoms with Crippen molar-refractivity contribution >= 4 is 27.6 Å². The Morgan fingerprint density at radius 3 is 2.61 bits per heavy atom. The van der Waals surface area contributed by atoms with E-state index in [4.69, 9.17) is 0 Å². The van der Waals surface area contributed by atoms with E-state index in [1.807, 2.05) is 11.9 Å². The Morgan fingerprint density at radius 1 is 1.33 bits per heavy atom. The Morgan fingerprint density at radius 2 is 2.06 bits per heavy atom. The van der Waals surface area contributed by atoms with Gasteiger partial charge in [-0.15, -0.1) is 4.40 Å². The molecule has 2 aromatic rings. The van der Waals surface area contributed by atoms with Crippen LogP contribution in [0, 0.1) is 0 Å². The number of halogens is 3. The summed E-state index contributed by atoms with van der Waals surface area (Å²) in [5, 5.41) is 18.6. The molecule has 0 unspecified atom stereocenters. The van der Waals surface area contributed by atoms with Gasteiger partial charge in [0.25, 0.3) is 0 Å². The Labute approximate surface area is 190 Å². The molecule has 1 aliphatic heterocycles. The minimum atomic E-state index is -4.61. The molecule has 1 aromatic carbocycles. The number of hydrogen-bond acceptors (Lipinski definition) is 5. The number of alkyl halides is 3. The second-order valence-electron chi connectivity index (χ2n) is 7.95. The van der Waals surface area contributed by atoms with Gasteiger partial charge in [0.05, 0.1) is 30.0 Å². The second kappa shape index (κ2) is 9.59. The van der Waals surface area contributed by atoms with Gasteiger partial charge in [0.15, 0.2) is 0 Å². The molecule has 1 aromatic heterocycles. The van der Waals surface area contributed by atoms with Crippen LogP contribution in [0.4, 0.5) is 24.5 Å². The fourth-order valence-electron chi connectivity index (χ4n) is 3.70. The van der Waals surface area contributed by atoms with Crippen molar-refractivity contribution in [2.75, 3.05) is 29.8 Å². The Balaban J connectivity index is 1.90. The summed E-state index contributed by atoms with van der Waals surface area (Å²) in [4.78, 5) is 2.02. The molecule has 0 aliphatic carbocycles. The van der Waals surface area contributed by atoms with E-state index in [-0.39, 0.29) is 24.0 Å². The third-order valence-corrected chi connectivity index (χ3v) is 6.80. The maximum atomic E-state index is 13.2. The normalized spacial score (nSPS) is 18.0. The molecule has 182 valence electrons. The summed E-state index contributed by atoms with van der Waals surface area (Å²) in [6.07, 6.45) is 0.207. The number of hydrogen-bond donors (Lipinski definition) is 1. The van der Waals surface area contributed by atoms with Crippen molar-refractivity contribution in [3.05, 3.63) is 41.7 Å². The predicted octanol–water partition coefficient (Wildman–Crippen LogP) is 1.98. The average Bonchev–Trinajstić information content (AvgIpc) is 3.32. The first-order chi connectivity index (χ1) is 15.4. The van der Waals surface area contributed by atoms with Crippen LogP contribution in [0.2, 0.25) is 0 Å². The van der Waals surface area contributed by atoms with Gasteiger partial charge in [-0.25, -0.2) is 4.31 Å². The molecular formula is C20H26F3N6O3S-. The Bertz CT molecular complexity index is 1120. The Kier molecular flexibility index (Phi) is 7.22. The molecule has 1 fully saturated rings. The van der Waals surface area contributed by atoms with E-state index in [1.165, 1.54) is 23.1 Å². The summed E-state index contributed by atoms with van der Waals surface area (Å²) >= 11 is 0. The van der Waals surface area contributed by atoms with Crippen LogP contribution in [0.15, 0.2) is 35.0 Å². The molecule has 3 rings (SSSR count). The molecule has 0 bridgehead atoms. The molecule has 1 N–H and O–H groups in total. The van der Waals surface area contributed by atoms with Gasteiger partial charge >= 0.3 is 16.4 Å². The highest BCUT2D eigenvalue weighted by molar-refractivity contribution is 7.91. The second-order valence-corrected chi connectivity index (χ2v) is 9.47. The van der Waals surface area contributed by atoms with Gasteiger partial charge in [0.2, 0.25) is 0 Å². The van der Waals surface area contributed by atoms with Crippen LogP contribution in [0.25, 0.3) is 0 Å². The fourth-order valence-corrected chi connectivity index (χ4v) is 4.78. The lowest BCUT2D eigenvalue weighted by molar-refractivity contribution is -0.213. The van der Waals surface area contributed by atoms with Crippen molar-refractivity contribution in [2.24, 2.45) is 11.4 Å². The largest absolute Gasteiger partial charge is 0.845 e. The van der Waals surface area contributed by atoms with Gasteiger partial charge in [0, 0.05) is 25.0 Å². The van der Waals surface area contributed by atoms with Crippen LogP contribution in [0.5, 0.6) is 0 Å². The number of likely N-dealkylation sites (N-methyl/N-ethyl adjacent to an activating group) is 1. The van der Waals surface area contributed by atoms with Crippen molar-refractivity contribution in [3.8, 4) is 0 Å². The summed E-state index contributed by atoms with van der Waals surface area (Å²) in [6.45, 7) is 2.55. The SMILES string of the molecule is CCc1cc(N/C([O-])=N/S(=O)(=O)N(C[C@H]2CCCN2C)c2cnn(C)c2)cc(C(F)(F)F)c1. The first-order valence-electron chi connectivity index (χ1n) is 10.4. The highest BCUT2D eigenvalue weighted by Crippen LogP contribution is 2.32. The summed E-state index contributed by atoms with van der Waals surface area (Å²) < 4.78 is 71.3. The first kappa shape index (κ1) is 24.8. The van der Waals surface area contributed by atoms with E-state index in [0.717, 1.165) is 35.8 Å². The van der Waals surface area contributed by atoms with Gasteiger partial charge in [0.1, 0.15) is 0 Å². The number of likely N-dealkylation sites (tertiary alicyclic amines) is 1. The number of nitrogens with one attached hydrogen (secondary N) is 1. The summed E-state index contributed by atoms with van der Waals surface area (Å²) in [7, 11) is -0.995. The maximum absolute atomic E-state index is 13.2. The van der Waals surface area contributed by atoms with Crippen LogP contribution in [-0.4, -0.2) is 55.3 Å². The van der Waals surface area contributed by atoms with E-state index in [2.05, 4.69) is 14.8 Å². The molecule has 9 nitrogen and oxygen atoms in total. The average molecular weight is 488 g/mol. The lowest BCUT2D eigenvalue weighted by atomic mass is 10.1. The zero-order valence-corrected chi connectivity index (χ0v) is 19.3. The van der Waals surface area contributed by atoms with Gasteiger partial charge in [-0.1, -0.05) is 6.92 Å². The van der Waals surface area contributed by atoms with Gasteiger partial charge < -0.3 is 15.3 Å². The summed E-state index contributed by atoms with van der Waals surface area (Å²) in [5.74, 6) is 0. The van der Waals surface area contributed by atoms with Gasteiger partial charge in [-0.3, -0.25) is 4.68 Å². The standard InChI is InChI=1S/C20H27F3N6O3S/c1-4-14-8-15(20(21,22)23)10-16(9-14)25-19(30)26-33(31,32)29(18-11-24-28(3)12-18)13-17-6-5-7-27(17)2/h8-12,17H,4-7,13H2,1-3H3,(H2,25,26,30)/p-1/t17-/m1/s1. The Hall–Kier alpha value is -2.80. The predicted molar refractivity (Wildman–Crippen MR) is 117 cm³/mol. The minimum absolute atomic E-state index is 0.0604. The van der Waals surface area contributed by atoms with Crippen LogP contribution in [0.3, 0.4) is 0 Å². The summed E-state index contributed by atoms with van der Waals surface area (Å²) in [6, 6.07) is 1.71. The van der Waals surface area contributed by atoms with Crippen LogP contribution in [0.1, 0.15) is 30.9 Å². The lowest BCUT2D eigenvalue weighted by Gasteiger charge is -2.28. The minimum Gasteiger partial charge on any atom is -0.845 e. The number of amidine groups is 1. The molecule has 1 saturated heterocycles. The zero-order chi connectivity index (χ0) is 24.4. The van der Waals surface area contributed by atoms with Crippen LogP contribution >= 0.6 is 0 Å². The monoisotopic (exact) mass is 487 g/mol. The summed E-state index contributed by atoms with van der Waals surface area (Å²) in [5.41, 5.74) is -0.554. The lowest BCUT2D eigenvalue weighted by Crippen LogP contribution is -2.42. The number of rotatable bonds is 7. The molecule has 0 spiro atoms. The molecule has 2 heterocycles. The molecule has 0 saturated carbocycles. The number of nitrogens with zero attached hydrogens (tertiary/aromatic N) is 5. The molecule has 1 aliphatic rings.